The number of ether oxygens (including phenoxy) is 1. The summed E-state index contributed by atoms with van der Waals surface area (Å²) in [6.45, 7) is 12.6. The van der Waals surface area contributed by atoms with Gasteiger partial charge in [0.05, 0.1) is 0 Å². The third-order valence-corrected chi connectivity index (χ3v) is 2.85. The van der Waals surface area contributed by atoms with Crippen molar-refractivity contribution in [2.75, 3.05) is 32.7 Å². The molecule has 0 bridgehead atoms. The highest BCUT2D eigenvalue weighted by molar-refractivity contribution is 5.68. The van der Waals surface area contributed by atoms with Gasteiger partial charge in [-0.25, -0.2) is 4.79 Å². The standard InChI is InChI=1S/C13H26N2O2/c1-5-6-7-14-8-10-15(11-9-14)12(16)17-13(2,3)4/h5-11H2,1-4H3. The minimum Gasteiger partial charge on any atom is -0.444 e. The zero-order chi connectivity index (χ0) is 12.9. The van der Waals surface area contributed by atoms with Crippen LogP contribution in [0.1, 0.15) is 40.5 Å². The summed E-state index contributed by atoms with van der Waals surface area (Å²) in [4.78, 5) is 16.1. The van der Waals surface area contributed by atoms with Crippen LogP contribution in [0.25, 0.3) is 0 Å². The Morgan fingerprint density at radius 3 is 2.24 bits per heavy atom. The molecule has 1 heterocycles. The third-order valence-electron chi connectivity index (χ3n) is 2.85. The number of hydrogen-bond acceptors (Lipinski definition) is 3. The Balaban J connectivity index is 2.29. The average molecular weight is 242 g/mol. The lowest BCUT2D eigenvalue weighted by atomic mass is 10.2. The molecular weight excluding hydrogens is 216 g/mol. The molecule has 0 radical (unpaired) electrons. The van der Waals surface area contributed by atoms with E-state index >= 15 is 0 Å². The van der Waals surface area contributed by atoms with Crippen molar-refractivity contribution in [2.45, 2.75) is 46.1 Å². The summed E-state index contributed by atoms with van der Waals surface area (Å²) in [5, 5.41) is 0. The van der Waals surface area contributed by atoms with Gasteiger partial charge in [-0.1, -0.05) is 13.3 Å². The number of unbranched alkanes of at least 4 members (excludes halogenated alkanes) is 1. The van der Waals surface area contributed by atoms with Gasteiger partial charge in [-0.3, -0.25) is 4.90 Å². The van der Waals surface area contributed by atoms with Crippen LogP contribution in [-0.2, 0) is 4.74 Å². The number of carbonyl (C=O) groups is 1. The van der Waals surface area contributed by atoms with Crippen LogP contribution in [0, 0.1) is 0 Å². The Hall–Kier alpha value is -0.770. The fourth-order valence-corrected chi connectivity index (χ4v) is 1.86. The van der Waals surface area contributed by atoms with Gasteiger partial charge in [0.15, 0.2) is 0 Å². The number of carbonyl (C=O) groups excluding carboxylic acids is 1. The van der Waals surface area contributed by atoms with Gasteiger partial charge in [0.25, 0.3) is 0 Å². The second-order valence-corrected chi connectivity index (χ2v) is 5.66. The minimum atomic E-state index is -0.392. The van der Waals surface area contributed by atoms with E-state index in [0.717, 1.165) is 32.7 Å². The first-order valence-corrected chi connectivity index (χ1v) is 6.62. The van der Waals surface area contributed by atoms with E-state index in [0.29, 0.717) is 0 Å². The van der Waals surface area contributed by atoms with E-state index in [1.807, 2.05) is 25.7 Å². The van der Waals surface area contributed by atoms with Crippen LogP contribution in [-0.4, -0.2) is 54.2 Å². The van der Waals surface area contributed by atoms with Crippen LogP contribution < -0.4 is 0 Å². The minimum absolute atomic E-state index is 0.173. The van der Waals surface area contributed by atoms with Gasteiger partial charge in [0.1, 0.15) is 5.60 Å². The molecule has 100 valence electrons. The van der Waals surface area contributed by atoms with Gasteiger partial charge in [-0.15, -0.1) is 0 Å². The number of rotatable bonds is 3. The molecule has 0 saturated carbocycles. The van der Waals surface area contributed by atoms with Gasteiger partial charge in [0.2, 0.25) is 0 Å². The first-order chi connectivity index (χ1) is 7.92. The fraction of sp³-hybridized carbons (Fsp3) is 0.923. The molecule has 0 aliphatic carbocycles. The lowest BCUT2D eigenvalue weighted by molar-refractivity contribution is 0.0144. The van der Waals surface area contributed by atoms with E-state index in [1.54, 1.807) is 0 Å². The van der Waals surface area contributed by atoms with Crippen LogP contribution in [0.2, 0.25) is 0 Å². The average Bonchev–Trinajstić information content (AvgIpc) is 2.24. The lowest BCUT2D eigenvalue weighted by Gasteiger charge is -2.35. The predicted molar refractivity (Wildman–Crippen MR) is 69.2 cm³/mol. The van der Waals surface area contributed by atoms with Crippen LogP contribution in [0.3, 0.4) is 0 Å². The van der Waals surface area contributed by atoms with Crippen molar-refractivity contribution in [2.24, 2.45) is 0 Å². The van der Waals surface area contributed by atoms with E-state index in [1.165, 1.54) is 12.8 Å². The van der Waals surface area contributed by atoms with Crippen molar-refractivity contribution in [3.63, 3.8) is 0 Å². The quantitative estimate of drug-likeness (QED) is 0.761. The zero-order valence-corrected chi connectivity index (χ0v) is 11.7. The Kier molecular flexibility index (Phi) is 5.25. The number of nitrogens with zero attached hydrogens (tertiary/aromatic N) is 2. The van der Waals surface area contributed by atoms with Gasteiger partial charge >= 0.3 is 6.09 Å². The van der Waals surface area contributed by atoms with E-state index in [2.05, 4.69) is 11.8 Å². The molecule has 0 aromatic heterocycles. The molecule has 0 spiro atoms. The van der Waals surface area contributed by atoms with E-state index in [-0.39, 0.29) is 6.09 Å². The van der Waals surface area contributed by atoms with Crippen molar-refractivity contribution in [1.82, 2.24) is 9.80 Å². The first kappa shape index (κ1) is 14.3. The van der Waals surface area contributed by atoms with E-state index < -0.39 is 5.60 Å². The summed E-state index contributed by atoms with van der Waals surface area (Å²) in [5.74, 6) is 0. The molecule has 1 amide bonds. The number of piperazine rings is 1. The van der Waals surface area contributed by atoms with Gasteiger partial charge < -0.3 is 9.64 Å². The summed E-state index contributed by atoms with van der Waals surface area (Å²) in [6, 6.07) is 0. The van der Waals surface area contributed by atoms with Crippen molar-refractivity contribution < 1.29 is 9.53 Å². The molecule has 0 N–H and O–H groups in total. The van der Waals surface area contributed by atoms with E-state index in [4.69, 9.17) is 4.74 Å². The van der Waals surface area contributed by atoms with Crippen LogP contribution >= 0.6 is 0 Å². The molecule has 4 nitrogen and oxygen atoms in total. The smallest absolute Gasteiger partial charge is 0.410 e. The normalized spacial score (nSPS) is 18.2. The maximum Gasteiger partial charge on any atom is 0.410 e. The maximum atomic E-state index is 11.8. The van der Waals surface area contributed by atoms with Crippen molar-refractivity contribution >= 4 is 6.09 Å². The molecule has 17 heavy (non-hydrogen) atoms. The van der Waals surface area contributed by atoms with Crippen LogP contribution in [0.4, 0.5) is 4.79 Å². The first-order valence-electron chi connectivity index (χ1n) is 6.62. The molecule has 4 heteroatoms. The molecule has 1 rings (SSSR count). The van der Waals surface area contributed by atoms with Gasteiger partial charge in [-0.2, -0.15) is 0 Å². The molecule has 0 atom stereocenters. The number of hydrogen-bond donors (Lipinski definition) is 0. The summed E-state index contributed by atoms with van der Waals surface area (Å²) < 4.78 is 5.36. The lowest BCUT2D eigenvalue weighted by Crippen LogP contribution is -2.50. The van der Waals surface area contributed by atoms with Crippen molar-refractivity contribution in [1.29, 1.82) is 0 Å². The Morgan fingerprint density at radius 1 is 1.18 bits per heavy atom. The van der Waals surface area contributed by atoms with Crippen LogP contribution in [0.5, 0.6) is 0 Å². The topological polar surface area (TPSA) is 32.8 Å². The molecular formula is C13H26N2O2. The summed E-state index contributed by atoms with van der Waals surface area (Å²) in [6.07, 6.45) is 2.30. The molecule has 1 saturated heterocycles. The monoisotopic (exact) mass is 242 g/mol. The highest BCUT2D eigenvalue weighted by Crippen LogP contribution is 2.12. The fourth-order valence-electron chi connectivity index (χ4n) is 1.86. The molecule has 1 aliphatic rings. The highest BCUT2D eigenvalue weighted by atomic mass is 16.6. The number of amides is 1. The highest BCUT2D eigenvalue weighted by Gasteiger charge is 2.25. The largest absolute Gasteiger partial charge is 0.444 e. The third kappa shape index (κ3) is 5.39. The molecule has 0 aromatic carbocycles. The molecule has 0 unspecified atom stereocenters. The Morgan fingerprint density at radius 2 is 1.76 bits per heavy atom. The summed E-state index contributed by atoms with van der Waals surface area (Å²) in [7, 11) is 0. The zero-order valence-electron chi connectivity index (χ0n) is 11.7. The second kappa shape index (κ2) is 6.24. The summed E-state index contributed by atoms with van der Waals surface area (Å²) in [5.41, 5.74) is -0.392. The summed E-state index contributed by atoms with van der Waals surface area (Å²) >= 11 is 0. The predicted octanol–water partition coefficient (Wildman–Crippen LogP) is 2.34. The second-order valence-electron chi connectivity index (χ2n) is 5.66. The maximum absolute atomic E-state index is 11.8. The molecule has 1 aliphatic heterocycles. The SMILES string of the molecule is CCCCN1CCN(C(=O)OC(C)(C)C)CC1. The van der Waals surface area contributed by atoms with Gasteiger partial charge in [-0.05, 0) is 33.7 Å². The van der Waals surface area contributed by atoms with Crippen molar-refractivity contribution in [3.05, 3.63) is 0 Å². The van der Waals surface area contributed by atoms with Crippen molar-refractivity contribution in [3.8, 4) is 0 Å². The van der Waals surface area contributed by atoms with E-state index in [9.17, 15) is 4.79 Å². The molecule has 1 fully saturated rings. The van der Waals surface area contributed by atoms with Crippen LogP contribution in [0.15, 0.2) is 0 Å². The Bertz CT molecular complexity index is 240. The van der Waals surface area contributed by atoms with Gasteiger partial charge in [0, 0.05) is 26.2 Å². The Labute approximate surface area is 105 Å². The molecule has 0 aromatic rings.